The molecule has 0 radical (unpaired) electrons. The molecule has 1 spiro atoms. The molecule has 1 fully saturated rings. The van der Waals surface area contributed by atoms with Crippen LogP contribution in [0.25, 0.3) is 0 Å². The van der Waals surface area contributed by atoms with Gasteiger partial charge in [-0.05, 0) is 25.0 Å². The van der Waals surface area contributed by atoms with Crippen molar-refractivity contribution in [1.82, 2.24) is 0 Å². The normalized spacial score (nSPS) is 30.4. The van der Waals surface area contributed by atoms with Crippen molar-refractivity contribution in [3.8, 4) is 0 Å². The molecule has 2 aliphatic rings. The molecule has 0 saturated heterocycles. The number of hydrogen-bond donors (Lipinski definition) is 3. The van der Waals surface area contributed by atoms with Crippen LogP contribution < -0.4 is 5.32 Å². The number of amides is 1. The fraction of sp³-hybridized carbons (Fsp3) is 0.429. The van der Waals surface area contributed by atoms with Gasteiger partial charge in [-0.25, -0.2) is 4.79 Å². The summed E-state index contributed by atoms with van der Waals surface area (Å²) < 4.78 is 5.26. The van der Waals surface area contributed by atoms with Crippen LogP contribution in [0.4, 0.5) is 5.69 Å². The Morgan fingerprint density at radius 2 is 2.00 bits per heavy atom. The Bertz CT molecular complexity index is 634. The van der Waals surface area contributed by atoms with Gasteiger partial charge in [0.05, 0.1) is 30.3 Å². The summed E-state index contributed by atoms with van der Waals surface area (Å²) in [5, 5.41) is 22.4. The van der Waals surface area contributed by atoms with E-state index in [1.54, 1.807) is 12.1 Å². The number of benzene rings is 1. The second-order valence-corrected chi connectivity index (χ2v) is 6.31. The van der Waals surface area contributed by atoms with E-state index in [1.807, 2.05) is 0 Å². The number of carbonyl (C=O) groups excluding carboxylic acids is 2. The van der Waals surface area contributed by atoms with Crippen molar-refractivity contribution in [3.05, 3.63) is 27.7 Å². The van der Waals surface area contributed by atoms with Crippen molar-refractivity contribution in [3.63, 3.8) is 0 Å². The van der Waals surface area contributed by atoms with Crippen LogP contribution in [0.3, 0.4) is 0 Å². The van der Waals surface area contributed by atoms with Crippen LogP contribution in [0.15, 0.2) is 16.6 Å². The van der Waals surface area contributed by atoms with Crippen LogP contribution in [0.2, 0.25) is 0 Å². The third-order valence-corrected chi connectivity index (χ3v) is 4.86. The maximum absolute atomic E-state index is 12.4. The van der Waals surface area contributed by atoms with E-state index in [0.717, 1.165) is 0 Å². The Labute approximate surface area is 129 Å². The maximum atomic E-state index is 12.4. The molecule has 3 rings (SSSR count). The molecule has 1 saturated carbocycles. The third kappa shape index (κ3) is 1.99. The molecule has 1 aromatic carbocycles. The Morgan fingerprint density at radius 1 is 1.38 bits per heavy atom. The lowest BCUT2D eigenvalue weighted by molar-refractivity contribution is -0.121. The molecule has 6 nitrogen and oxygen atoms in total. The SMILES string of the molecule is COC(=O)c1cc(Br)c2c(c1)NC(=O)C21CC(O)C(O)C1. The second kappa shape index (κ2) is 4.79. The van der Waals surface area contributed by atoms with Gasteiger partial charge < -0.3 is 20.3 Å². The molecule has 21 heavy (non-hydrogen) atoms. The van der Waals surface area contributed by atoms with Crippen molar-refractivity contribution in [1.29, 1.82) is 0 Å². The largest absolute Gasteiger partial charge is 0.465 e. The molecule has 1 aliphatic carbocycles. The molecule has 1 amide bonds. The van der Waals surface area contributed by atoms with Crippen LogP contribution in [-0.4, -0.2) is 41.4 Å². The zero-order chi connectivity index (χ0) is 15.4. The molecule has 1 heterocycles. The van der Waals surface area contributed by atoms with Crippen LogP contribution in [0.1, 0.15) is 28.8 Å². The Morgan fingerprint density at radius 3 is 2.57 bits per heavy atom. The number of ether oxygens (including phenoxy) is 1. The van der Waals surface area contributed by atoms with E-state index in [-0.39, 0.29) is 18.7 Å². The van der Waals surface area contributed by atoms with Gasteiger partial charge in [0.25, 0.3) is 0 Å². The minimum Gasteiger partial charge on any atom is -0.465 e. The van der Waals surface area contributed by atoms with Gasteiger partial charge >= 0.3 is 5.97 Å². The lowest BCUT2D eigenvalue weighted by atomic mass is 9.79. The number of nitrogens with one attached hydrogen (secondary N) is 1. The Hall–Kier alpha value is -1.44. The smallest absolute Gasteiger partial charge is 0.337 e. The predicted molar refractivity (Wildman–Crippen MR) is 77.0 cm³/mol. The molecule has 1 aromatic rings. The number of aliphatic hydroxyl groups is 2. The molecule has 1 aliphatic heterocycles. The zero-order valence-corrected chi connectivity index (χ0v) is 12.8. The van der Waals surface area contributed by atoms with Crippen molar-refractivity contribution < 1.29 is 24.5 Å². The summed E-state index contributed by atoms with van der Waals surface area (Å²) in [6, 6.07) is 3.14. The molecule has 2 atom stereocenters. The average molecular weight is 356 g/mol. The minimum atomic E-state index is -0.957. The average Bonchev–Trinajstić information content (AvgIpc) is 2.87. The van der Waals surface area contributed by atoms with Gasteiger partial charge in [-0.15, -0.1) is 0 Å². The van der Waals surface area contributed by atoms with Gasteiger partial charge in [-0.3, -0.25) is 4.79 Å². The van der Waals surface area contributed by atoms with Crippen molar-refractivity contribution >= 4 is 33.5 Å². The first-order valence-corrected chi connectivity index (χ1v) is 7.28. The summed E-state index contributed by atoms with van der Waals surface area (Å²) in [6.07, 6.45) is -1.56. The molecular weight excluding hydrogens is 342 g/mol. The number of carbonyl (C=O) groups is 2. The van der Waals surface area contributed by atoms with E-state index in [9.17, 15) is 19.8 Å². The highest BCUT2D eigenvalue weighted by molar-refractivity contribution is 9.10. The van der Waals surface area contributed by atoms with Gasteiger partial charge in [0.2, 0.25) is 5.91 Å². The van der Waals surface area contributed by atoms with Crippen LogP contribution in [0.5, 0.6) is 0 Å². The van der Waals surface area contributed by atoms with Crippen LogP contribution >= 0.6 is 15.9 Å². The number of methoxy groups -OCH3 is 1. The molecule has 3 N–H and O–H groups in total. The number of anilines is 1. The van der Waals surface area contributed by atoms with E-state index < -0.39 is 23.6 Å². The van der Waals surface area contributed by atoms with Gasteiger partial charge in [0.15, 0.2) is 0 Å². The number of hydrogen-bond acceptors (Lipinski definition) is 5. The highest BCUT2D eigenvalue weighted by Gasteiger charge is 2.55. The Kier molecular flexibility index (Phi) is 3.31. The molecule has 0 bridgehead atoms. The first-order chi connectivity index (χ1) is 9.89. The fourth-order valence-electron chi connectivity index (χ4n) is 3.24. The molecule has 7 heteroatoms. The van der Waals surface area contributed by atoms with Gasteiger partial charge in [-0.2, -0.15) is 0 Å². The Balaban J connectivity index is 2.13. The first kappa shape index (κ1) is 14.5. The number of fused-ring (bicyclic) bond motifs is 2. The summed E-state index contributed by atoms with van der Waals surface area (Å²) in [6.45, 7) is 0. The van der Waals surface area contributed by atoms with Crippen LogP contribution in [0, 0.1) is 0 Å². The molecule has 0 aromatic heterocycles. The lowest BCUT2D eigenvalue weighted by Crippen LogP contribution is -2.32. The highest BCUT2D eigenvalue weighted by atomic mass is 79.9. The number of rotatable bonds is 1. The monoisotopic (exact) mass is 355 g/mol. The van der Waals surface area contributed by atoms with E-state index in [0.29, 0.717) is 21.3 Å². The predicted octanol–water partition coefficient (Wildman–Crippen LogP) is 0.941. The van der Waals surface area contributed by atoms with Crippen molar-refractivity contribution in [2.45, 2.75) is 30.5 Å². The summed E-state index contributed by atoms with van der Waals surface area (Å²) in [5.41, 5.74) is 0.549. The fourth-order valence-corrected chi connectivity index (χ4v) is 4.08. The molecule has 112 valence electrons. The minimum absolute atomic E-state index is 0.156. The standard InChI is InChI=1S/C14H14BrNO5/c1-21-12(19)6-2-7(15)11-8(3-6)16-13(20)14(11)4-9(17)10(18)5-14/h2-3,9-10,17-18H,4-5H2,1H3,(H,16,20). The van der Waals surface area contributed by atoms with Crippen molar-refractivity contribution in [2.75, 3.05) is 12.4 Å². The van der Waals surface area contributed by atoms with E-state index in [4.69, 9.17) is 0 Å². The number of aliphatic hydroxyl groups excluding tert-OH is 2. The lowest BCUT2D eigenvalue weighted by Gasteiger charge is -2.22. The van der Waals surface area contributed by atoms with E-state index >= 15 is 0 Å². The molecule has 2 unspecified atom stereocenters. The highest BCUT2D eigenvalue weighted by Crippen LogP contribution is 2.51. The number of halogens is 1. The second-order valence-electron chi connectivity index (χ2n) is 5.45. The quantitative estimate of drug-likeness (QED) is 0.651. The van der Waals surface area contributed by atoms with Gasteiger partial charge in [0, 0.05) is 15.7 Å². The zero-order valence-electron chi connectivity index (χ0n) is 11.2. The summed E-state index contributed by atoms with van der Waals surface area (Å²) in [4.78, 5) is 24.0. The molecular formula is C14H14BrNO5. The topological polar surface area (TPSA) is 95.9 Å². The van der Waals surface area contributed by atoms with Gasteiger partial charge in [0.1, 0.15) is 0 Å². The number of esters is 1. The summed E-state index contributed by atoms with van der Waals surface area (Å²) >= 11 is 3.38. The van der Waals surface area contributed by atoms with E-state index in [1.165, 1.54) is 7.11 Å². The van der Waals surface area contributed by atoms with E-state index in [2.05, 4.69) is 26.0 Å². The summed E-state index contributed by atoms with van der Waals surface area (Å²) in [7, 11) is 1.28. The van der Waals surface area contributed by atoms with Crippen molar-refractivity contribution in [2.24, 2.45) is 0 Å². The first-order valence-electron chi connectivity index (χ1n) is 6.49. The maximum Gasteiger partial charge on any atom is 0.337 e. The van der Waals surface area contributed by atoms with Crippen LogP contribution in [-0.2, 0) is 14.9 Å². The van der Waals surface area contributed by atoms with Gasteiger partial charge in [-0.1, -0.05) is 15.9 Å². The summed E-state index contributed by atoms with van der Waals surface area (Å²) in [5.74, 6) is -0.768. The third-order valence-electron chi connectivity index (χ3n) is 4.23.